The third-order valence-corrected chi connectivity index (χ3v) is 14.0. The lowest BCUT2D eigenvalue weighted by Crippen LogP contribution is -2.60. The lowest BCUT2D eigenvalue weighted by molar-refractivity contribution is -0.135. The summed E-state index contributed by atoms with van der Waals surface area (Å²) >= 11 is 0. The van der Waals surface area contributed by atoms with E-state index < -0.39 is 65.7 Å². The molecule has 1 heterocycles. The number of rotatable bonds is 23. The highest BCUT2D eigenvalue weighted by Crippen LogP contribution is 2.27. The number of primary amides is 1. The van der Waals surface area contributed by atoms with Crippen molar-refractivity contribution in [2.24, 2.45) is 5.73 Å². The fraction of sp³-hybridized carbons (Fsp3) is 0.203. The summed E-state index contributed by atoms with van der Waals surface area (Å²) in [5.41, 5.74) is 44.0. The van der Waals surface area contributed by atoms with Gasteiger partial charge < -0.3 is 65.9 Å². The number of nitrogens with one attached hydrogen (secondary N) is 5. The molecule has 17 N–H and O–H groups in total. The lowest BCUT2D eigenvalue weighted by atomic mass is 9.99. The van der Waals surface area contributed by atoms with Crippen LogP contribution in [0.15, 0.2) is 170 Å². The highest BCUT2D eigenvalue weighted by Gasteiger charge is 2.34. The summed E-state index contributed by atoms with van der Waals surface area (Å²) in [6.45, 7) is 0.216. The molecule has 0 spiro atoms. The number of carbonyl (C=O) groups excluding carboxylic acids is 7. The maximum absolute atomic E-state index is 15.0. The van der Waals surface area contributed by atoms with Crippen molar-refractivity contribution in [1.82, 2.24) is 26.6 Å². The highest BCUT2D eigenvalue weighted by molar-refractivity contribution is 5.99. The molecule has 83 heavy (non-hydrogen) atoms. The van der Waals surface area contributed by atoms with Crippen LogP contribution in [0.25, 0.3) is 0 Å². The van der Waals surface area contributed by atoms with Crippen molar-refractivity contribution in [2.75, 3.05) is 33.6 Å². The number of benzene rings is 7. The fourth-order valence-corrected chi connectivity index (χ4v) is 9.43. The largest absolute Gasteiger partial charge is 0.399 e. The minimum absolute atomic E-state index is 0.0192. The minimum atomic E-state index is -1.40. The SMILES string of the molecule is NC(=O)C(Cc1ccc(N)cc1)NC(=O)C(Cc1ccc(N)cc1)NC(=O)C(Cc1ccc(N)cc1)NC(=O)C(Cc1ccc(N)cc1)NC(=O)C(Cc1ccc(N)cc1)NC(=O)CCC(=O)N1Cc2ccccc2C#Cc2ccccc21. The Morgan fingerprint density at radius 1 is 0.386 bits per heavy atom. The zero-order valence-corrected chi connectivity index (χ0v) is 45.5. The van der Waals surface area contributed by atoms with Crippen LogP contribution in [0.1, 0.15) is 57.3 Å². The summed E-state index contributed by atoms with van der Waals surface area (Å²) in [6, 6.07) is 41.6. The standard InChI is InChI=1S/C64H66N12O7/c65-47-21-9-39(10-22-47)33-52(60(70)79)72-62(81)54(35-41-13-25-49(67)26-14-41)74-64(83)56(37-43-17-29-51(69)30-18-43)75-63(82)55(36-42-15-27-50(68)28-16-42)73-61(80)53(34-40-11-23-48(66)24-12-40)71-58(77)31-32-59(78)76-38-46-7-2-1-5-44(46)19-20-45-6-3-4-8-57(45)76/h1-18,21-30,52-56H,31-38,65-69H2,(H2,70,79)(H,71,77)(H,72,81)(H,73,80)(H,74,83)(H,75,82). The molecule has 0 aliphatic carbocycles. The van der Waals surface area contributed by atoms with Gasteiger partial charge in [0.2, 0.25) is 41.4 Å². The molecule has 8 rings (SSSR count). The van der Waals surface area contributed by atoms with E-state index in [4.69, 9.17) is 34.4 Å². The van der Waals surface area contributed by atoms with E-state index in [9.17, 15) is 33.6 Å². The van der Waals surface area contributed by atoms with Gasteiger partial charge in [0.05, 0.1) is 12.2 Å². The van der Waals surface area contributed by atoms with Crippen LogP contribution in [0.3, 0.4) is 0 Å². The summed E-state index contributed by atoms with van der Waals surface area (Å²) in [5, 5.41) is 14.0. The molecule has 0 bridgehead atoms. The van der Waals surface area contributed by atoms with Gasteiger partial charge in [-0.3, -0.25) is 33.6 Å². The molecule has 5 unspecified atom stereocenters. The second-order valence-electron chi connectivity index (χ2n) is 20.4. The molecule has 0 fully saturated rings. The van der Waals surface area contributed by atoms with Crippen LogP contribution < -0.4 is 65.9 Å². The number of anilines is 6. The van der Waals surface area contributed by atoms with Gasteiger partial charge in [-0.05, 0) is 112 Å². The number of hydrogen-bond acceptors (Lipinski definition) is 12. The van der Waals surface area contributed by atoms with Gasteiger partial charge in [0.25, 0.3) is 0 Å². The molecule has 0 aromatic heterocycles. The molecule has 7 aromatic carbocycles. The molecule has 7 amide bonds. The number of nitrogens with zero attached hydrogens (tertiary/aromatic N) is 1. The average molecular weight is 1120 g/mol. The van der Waals surface area contributed by atoms with Crippen molar-refractivity contribution in [1.29, 1.82) is 0 Å². The van der Waals surface area contributed by atoms with Crippen molar-refractivity contribution in [3.8, 4) is 11.8 Å². The lowest BCUT2D eigenvalue weighted by Gasteiger charge is -2.28. The Morgan fingerprint density at radius 2 is 0.699 bits per heavy atom. The van der Waals surface area contributed by atoms with Crippen LogP contribution in [-0.2, 0) is 72.2 Å². The van der Waals surface area contributed by atoms with Crippen molar-refractivity contribution >= 4 is 75.5 Å². The number of carbonyl (C=O) groups is 7. The van der Waals surface area contributed by atoms with E-state index >= 15 is 0 Å². The summed E-state index contributed by atoms with van der Waals surface area (Å²) in [6.07, 6.45) is -0.844. The van der Waals surface area contributed by atoms with E-state index in [1.54, 1.807) is 132 Å². The summed E-state index contributed by atoms with van der Waals surface area (Å²) in [7, 11) is 0. The second kappa shape index (κ2) is 27.5. The van der Waals surface area contributed by atoms with Crippen LogP contribution in [-0.4, -0.2) is 71.6 Å². The van der Waals surface area contributed by atoms with Gasteiger partial charge in [-0.15, -0.1) is 0 Å². The first-order chi connectivity index (χ1) is 39.9. The topological polar surface area (TPSA) is 339 Å². The molecule has 5 atom stereocenters. The first kappa shape index (κ1) is 58.5. The molecule has 19 heteroatoms. The Hall–Kier alpha value is -10.6. The molecular weight excluding hydrogens is 1050 g/mol. The zero-order chi connectivity index (χ0) is 59.0. The molecule has 0 saturated heterocycles. The predicted octanol–water partition coefficient (Wildman–Crippen LogP) is 3.75. The third-order valence-electron chi connectivity index (χ3n) is 14.0. The van der Waals surface area contributed by atoms with E-state index in [-0.39, 0.29) is 57.4 Å². The van der Waals surface area contributed by atoms with Crippen LogP contribution >= 0.6 is 0 Å². The maximum atomic E-state index is 15.0. The smallest absolute Gasteiger partial charge is 0.243 e. The second-order valence-corrected chi connectivity index (χ2v) is 20.4. The first-order valence-corrected chi connectivity index (χ1v) is 26.9. The van der Waals surface area contributed by atoms with E-state index in [0.29, 0.717) is 67.5 Å². The van der Waals surface area contributed by atoms with E-state index in [2.05, 4.69) is 38.4 Å². The van der Waals surface area contributed by atoms with E-state index in [1.807, 2.05) is 42.5 Å². The summed E-state index contributed by atoms with van der Waals surface area (Å²) in [5.74, 6) is 1.50. The first-order valence-electron chi connectivity index (χ1n) is 26.9. The predicted molar refractivity (Wildman–Crippen MR) is 321 cm³/mol. The highest BCUT2D eigenvalue weighted by atomic mass is 16.2. The Morgan fingerprint density at radius 3 is 1.08 bits per heavy atom. The van der Waals surface area contributed by atoms with Crippen LogP contribution in [0.4, 0.5) is 34.1 Å². The molecule has 0 saturated carbocycles. The monoisotopic (exact) mass is 1110 g/mol. The minimum Gasteiger partial charge on any atom is -0.399 e. The fourth-order valence-electron chi connectivity index (χ4n) is 9.43. The number of fused-ring (bicyclic) bond motifs is 2. The van der Waals surface area contributed by atoms with Crippen LogP contribution in [0.2, 0.25) is 0 Å². The molecular formula is C64H66N12O7. The maximum Gasteiger partial charge on any atom is 0.243 e. The van der Waals surface area contributed by atoms with Crippen molar-refractivity contribution in [2.45, 2.75) is 81.7 Å². The van der Waals surface area contributed by atoms with E-state index in [0.717, 1.165) is 11.1 Å². The van der Waals surface area contributed by atoms with Crippen LogP contribution in [0, 0.1) is 11.8 Å². The van der Waals surface area contributed by atoms with E-state index in [1.165, 1.54) is 0 Å². The van der Waals surface area contributed by atoms with Crippen molar-refractivity contribution in [3.63, 3.8) is 0 Å². The van der Waals surface area contributed by atoms with Gasteiger partial charge >= 0.3 is 0 Å². The van der Waals surface area contributed by atoms with Gasteiger partial charge in [-0.2, -0.15) is 0 Å². The van der Waals surface area contributed by atoms with Gasteiger partial charge in [0.15, 0.2) is 0 Å². The van der Waals surface area contributed by atoms with Gasteiger partial charge in [-0.1, -0.05) is 103 Å². The van der Waals surface area contributed by atoms with Gasteiger partial charge in [0, 0.05) is 84.5 Å². The molecule has 19 nitrogen and oxygen atoms in total. The van der Waals surface area contributed by atoms with Crippen LogP contribution in [0.5, 0.6) is 0 Å². The Labute approximate surface area is 480 Å². The number of para-hydroxylation sites is 1. The van der Waals surface area contributed by atoms with Crippen molar-refractivity contribution < 1.29 is 33.6 Å². The quantitative estimate of drug-likeness (QED) is 0.0322. The number of hydrogen-bond donors (Lipinski definition) is 11. The van der Waals surface area contributed by atoms with Gasteiger partial charge in [-0.25, -0.2) is 0 Å². The molecule has 1 aliphatic heterocycles. The Balaban J connectivity index is 1.05. The number of nitrogens with two attached hydrogens (primary N) is 6. The molecule has 424 valence electrons. The Bertz CT molecular complexity index is 3530. The third kappa shape index (κ3) is 16.7. The molecule has 1 aliphatic rings. The normalized spacial score (nSPS) is 13.2. The Kier molecular flexibility index (Phi) is 19.4. The molecule has 0 radical (unpaired) electrons. The summed E-state index contributed by atoms with van der Waals surface area (Å²) < 4.78 is 0. The zero-order valence-electron chi connectivity index (χ0n) is 45.5. The van der Waals surface area contributed by atoms with Crippen molar-refractivity contribution in [3.05, 3.63) is 214 Å². The average Bonchev–Trinajstić information content (AvgIpc) is 3.68. The summed E-state index contributed by atoms with van der Waals surface area (Å²) in [4.78, 5) is 102. The number of nitrogen functional groups attached to an aromatic ring is 5. The number of amides is 7. The molecule has 7 aromatic rings. The van der Waals surface area contributed by atoms with Gasteiger partial charge in [0.1, 0.15) is 30.2 Å².